The molecule has 27 heavy (non-hydrogen) atoms. The Balaban J connectivity index is 1.40. The summed E-state index contributed by atoms with van der Waals surface area (Å²) in [5, 5.41) is 0. The minimum Gasteiger partial charge on any atom is -0.337 e. The van der Waals surface area contributed by atoms with Crippen molar-refractivity contribution in [2.75, 3.05) is 31.1 Å². The van der Waals surface area contributed by atoms with Crippen LogP contribution < -0.4 is 4.90 Å². The third-order valence-corrected chi connectivity index (χ3v) is 5.71. The first-order valence-corrected chi connectivity index (χ1v) is 9.40. The van der Waals surface area contributed by atoms with E-state index in [1.165, 1.54) is 4.90 Å². The Kier molecular flexibility index (Phi) is 4.63. The highest BCUT2D eigenvalue weighted by molar-refractivity contribution is 6.08. The number of carbonyl (C=O) groups is 3. The number of allylic oxidation sites excluding steroid dienone is 2. The van der Waals surface area contributed by atoms with Gasteiger partial charge in [-0.2, -0.15) is 0 Å². The maximum absolute atomic E-state index is 12.9. The molecule has 3 atom stereocenters. The number of hydrogen-bond donors (Lipinski definition) is 0. The average Bonchev–Trinajstić information content (AvgIpc) is 2.98. The molecule has 1 aromatic heterocycles. The van der Waals surface area contributed by atoms with E-state index in [-0.39, 0.29) is 29.6 Å². The maximum atomic E-state index is 12.9. The van der Waals surface area contributed by atoms with Crippen LogP contribution in [0.1, 0.15) is 19.8 Å². The summed E-state index contributed by atoms with van der Waals surface area (Å²) in [4.78, 5) is 51.8. The molecule has 0 N–H and O–H groups in total. The van der Waals surface area contributed by atoms with Gasteiger partial charge in [0, 0.05) is 38.6 Å². The number of piperazine rings is 1. The van der Waals surface area contributed by atoms with Crippen molar-refractivity contribution in [2.24, 2.45) is 11.8 Å². The van der Waals surface area contributed by atoms with Crippen LogP contribution in [0.4, 0.5) is 5.95 Å². The number of carbonyl (C=O) groups excluding carboxylic acids is 3. The van der Waals surface area contributed by atoms with Gasteiger partial charge in [0.15, 0.2) is 0 Å². The summed E-state index contributed by atoms with van der Waals surface area (Å²) in [5.41, 5.74) is 0. The van der Waals surface area contributed by atoms with E-state index >= 15 is 0 Å². The minimum absolute atomic E-state index is 0.170. The zero-order chi connectivity index (χ0) is 19.0. The molecule has 3 aliphatic rings. The van der Waals surface area contributed by atoms with E-state index in [4.69, 9.17) is 0 Å². The molecule has 1 aliphatic carbocycles. The fraction of sp³-hybridized carbons (Fsp3) is 0.526. The van der Waals surface area contributed by atoms with Crippen molar-refractivity contribution >= 4 is 23.7 Å². The minimum atomic E-state index is -0.755. The molecule has 2 fully saturated rings. The van der Waals surface area contributed by atoms with Crippen LogP contribution in [0.3, 0.4) is 0 Å². The van der Waals surface area contributed by atoms with E-state index in [0.29, 0.717) is 45.0 Å². The van der Waals surface area contributed by atoms with Crippen LogP contribution in [-0.4, -0.2) is 69.7 Å². The molecular formula is C19H23N5O3. The highest BCUT2D eigenvalue weighted by atomic mass is 16.2. The quantitative estimate of drug-likeness (QED) is 0.568. The number of anilines is 1. The molecule has 2 saturated heterocycles. The number of nitrogens with zero attached hydrogens (tertiary/aromatic N) is 5. The highest BCUT2D eigenvalue weighted by Crippen LogP contribution is 2.36. The summed E-state index contributed by atoms with van der Waals surface area (Å²) in [6, 6.07) is 1.01. The van der Waals surface area contributed by atoms with Crippen molar-refractivity contribution in [3.63, 3.8) is 0 Å². The van der Waals surface area contributed by atoms with Gasteiger partial charge in [0.1, 0.15) is 6.04 Å². The molecule has 0 radical (unpaired) electrons. The average molecular weight is 369 g/mol. The number of likely N-dealkylation sites (tertiary alicyclic amines) is 1. The van der Waals surface area contributed by atoms with Gasteiger partial charge in [-0.3, -0.25) is 19.3 Å². The number of fused-ring (bicyclic) bond motifs is 1. The molecule has 142 valence electrons. The number of hydrogen-bond acceptors (Lipinski definition) is 6. The van der Waals surface area contributed by atoms with Gasteiger partial charge in [0.2, 0.25) is 23.7 Å². The fourth-order valence-corrected chi connectivity index (χ4v) is 4.16. The largest absolute Gasteiger partial charge is 0.337 e. The summed E-state index contributed by atoms with van der Waals surface area (Å²) in [6.07, 6.45) is 8.47. The van der Waals surface area contributed by atoms with Gasteiger partial charge in [-0.15, -0.1) is 0 Å². The molecule has 8 nitrogen and oxygen atoms in total. The smallest absolute Gasteiger partial charge is 0.245 e. The van der Waals surface area contributed by atoms with Crippen molar-refractivity contribution in [1.82, 2.24) is 19.8 Å². The number of rotatable bonds is 3. The zero-order valence-electron chi connectivity index (χ0n) is 15.3. The van der Waals surface area contributed by atoms with Crippen molar-refractivity contribution < 1.29 is 14.4 Å². The first kappa shape index (κ1) is 17.6. The van der Waals surface area contributed by atoms with E-state index in [0.717, 1.165) is 0 Å². The third kappa shape index (κ3) is 3.09. The molecule has 4 rings (SSSR count). The molecule has 0 spiro atoms. The topological polar surface area (TPSA) is 86.7 Å². The molecular weight excluding hydrogens is 346 g/mol. The first-order valence-electron chi connectivity index (χ1n) is 9.40. The summed E-state index contributed by atoms with van der Waals surface area (Å²) in [5.74, 6) is -0.524. The van der Waals surface area contributed by atoms with Crippen molar-refractivity contribution in [2.45, 2.75) is 25.8 Å². The third-order valence-electron chi connectivity index (χ3n) is 5.71. The van der Waals surface area contributed by atoms with Crippen LogP contribution in [0.2, 0.25) is 0 Å². The van der Waals surface area contributed by atoms with Crippen molar-refractivity contribution in [3.8, 4) is 0 Å². The monoisotopic (exact) mass is 369 g/mol. The lowest BCUT2D eigenvalue weighted by Gasteiger charge is -2.37. The second kappa shape index (κ2) is 7.09. The highest BCUT2D eigenvalue weighted by Gasteiger charge is 2.50. The Hall–Kier alpha value is -2.77. The zero-order valence-corrected chi connectivity index (χ0v) is 15.3. The summed E-state index contributed by atoms with van der Waals surface area (Å²) in [7, 11) is 0. The Morgan fingerprint density at radius 1 is 1.00 bits per heavy atom. The predicted molar refractivity (Wildman–Crippen MR) is 97.5 cm³/mol. The van der Waals surface area contributed by atoms with E-state index in [2.05, 4.69) is 9.97 Å². The maximum Gasteiger partial charge on any atom is 0.245 e. The van der Waals surface area contributed by atoms with Crippen LogP contribution in [0.25, 0.3) is 0 Å². The molecule has 0 bridgehead atoms. The van der Waals surface area contributed by atoms with Gasteiger partial charge in [-0.1, -0.05) is 12.2 Å². The van der Waals surface area contributed by atoms with Crippen LogP contribution >= 0.6 is 0 Å². The lowest BCUT2D eigenvalue weighted by Crippen LogP contribution is -2.55. The van der Waals surface area contributed by atoms with Gasteiger partial charge in [-0.25, -0.2) is 9.97 Å². The predicted octanol–water partition coefficient (Wildman–Crippen LogP) is 0.465. The van der Waals surface area contributed by atoms with Gasteiger partial charge in [0.25, 0.3) is 0 Å². The molecule has 0 aromatic carbocycles. The van der Waals surface area contributed by atoms with Crippen LogP contribution in [0.15, 0.2) is 30.6 Å². The van der Waals surface area contributed by atoms with E-state index in [9.17, 15) is 14.4 Å². The van der Waals surface area contributed by atoms with Crippen molar-refractivity contribution in [1.29, 1.82) is 0 Å². The number of imide groups is 1. The normalized spacial score (nSPS) is 26.3. The fourth-order valence-electron chi connectivity index (χ4n) is 4.16. The van der Waals surface area contributed by atoms with Gasteiger partial charge >= 0.3 is 0 Å². The Labute approximate surface area is 157 Å². The lowest BCUT2D eigenvalue weighted by molar-refractivity contribution is -0.151. The summed E-state index contributed by atoms with van der Waals surface area (Å²) in [6.45, 7) is 3.95. The summed E-state index contributed by atoms with van der Waals surface area (Å²) >= 11 is 0. The molecule has 3 heterocycles. The Bertz CT molecular complexity index is 747. The Morgan fingerprint density at radius 3 is 2.11 bits per heavy atom. The van der Waals surface area contributed by atoms with E-state index < -0.39 is 6.04 Å². The first-order chi connectivity index (χ1) is 13.1. The van der Waals surface area contributed by atoms with Crippen LogP contribution in [-0.2, 0) is 14.4 Å². The molecule has 1 aromatic rings. The van der Waals surface area contributed by atoms with Gasteiger partial charge < -0.3 is 9.80 Å². The second-order valence-corrected chi connectivity index (χ2v) is 7.24. The molecule has 3 amide bonds. The van der Waals surface area contributed by atoms with Crippen LogP contribution in [0.5, 0.6) is 0 Å². The molecule has 8 heteroatoms. The lowest BCUT2D eigenvalue weighted by atomic mass is 9.85. The van der Waals surface area contributed by atoms with Gasteiger partial charge in [0.05, 0.1) is 11.8 Å². The molecule has 0 saturated carbocycles. The second-order valence-electron chi connectivity index (χ2n) is 7.24. The van der Waals surface area contributed by atoms with E-state index in [1.807, 2.05) is 17.1 Å². The molecule has 2 aliphatic heterocycles. The standard InChI is InChI=1S/C19H23N5O3/c1-13(24-17(26)14-5-2-3-6-15(14)18(24)27)16(25)22-9-11-23(12-10-22)19-20-7-4-8-21-19/h2-4,7-8,13-15H,5-6,9-12H2,1H3/t13-,14+,15+/m1/s1. The van der Waals surface area contributed by atoms with Crippen molar-refractivity contribution in [3.05, 3.63) is 30.6 Å². The van der Waals surface area contributed by atoms with Crippen LogP contribution in [0, 0.1) is 11.8 Å². The SMILES string of the molecule is C[C@H](C(=O)N1CCN(c2ncccn2)CC1)N1C(=O)[C@H]2CC=CC[C@@H]2C1=O. The molecule has 0 unspecified atom stereocenters. The number of aromatic nitrogens is 2. The number of amides is 3. The van der Waals surface area contributed by atoms with Gasteiger partial charge in [-0.05, 0) is 25.8 Å². The van der Waals surface area contributed by atoms with E-state index in [1.54, 1.807) is 30.3 Å². The Morgan fingerprint density at radius 2 is 1.56 bits per heavy atom. The summed E-state index contributed by atoms with van der Waals surface area (Å²) < 4.78 is 0.